The Balaban J connectivity index is 1.63. The van der Waals surface area contributed by atoms with E-state index in [9.17, 15) is 4.79 Å². The molecule has 0 aliphatic rings. The van der Waals surface area contributed by atoms with Gasteiger partial charge in [-0.1, -0.05) is 11.6 Å². The summed E-state index contributed by atoms with van der Waals surface area (Å²) in [6.45, 7) is 0.383. The van der Waals surface area contributed by atoms with Crippen molar-refractivity contribution in [3.8, 4) is 17.0 Å². The van der Waals surface area contributed by atoms with Gasteiger partial charge in [0.25, 0.3) is 0 Å². The van der Waals surface area contributed by atoms with Crippen molar-refractivity contribution >= 4 is 34.7 Å². The summed E-state index contributed by atoms with van der Waals surface area (Å²) in [5.41, 5.74) is 3.43. The van der Waals surface area contributed by atoms with Gasteiger partial charge in [0.2, 0.25) is 0 Å². The number of methoxy groups -OCH3 is 1. The van der Waals surface area contributed by atoms with Gasteiger partial charge in [-0.3, -0.25) is 4.98 Å². The molecule has 1 aromatic carbocycles. The van der Waals surface area contributed by atoms with Gasteiger partial charge in [0.05, 0.1) is 18.5 Å². The molecular formula is C18H16ClN3O2S. The summed E-state index contributed by atoms with van der Waals surface area (Å²) in [5, 5.41) is 10.1. The van der Waals surface area contributed by atoms with Crippen LogP contribution in [0.15, 0.2) is 53.4 Å². The van der Waals surface area contributed by atoms with Crippen molar-refractivity contribution in [1.29, 1.82) is 0 Å². The molecule has 2 heterocycles. The minimum atomic E-state index is -0.338. The van der Waals surface area contributed by atoms with Gasteiger partial charge in [-0.2, -0.15) is 11.3 Å². The number of carbonyl (C=O) groups excluding carboxylic acids is 1. The summed E-state index contributed by atoms with van der Waals surface area (Å²) >= 11 is 7.59. The lowest BCUT2D eigenvalue weighted by Gasteiger charge is -2.12. The number of nitrogens with one attached hydrogen (secondary N) is 2. The summed E-state index contributed by atoms with van der Waals surface area (Å²) < 4.78 is 5.21. The quantitative estimate of drug-likeness (QED) is 0.675. The molecule has 0 radical (unpaired) electrons. The number of carbonyl (C=O) groups is 1. The summed E-state index contributed by atoms with van der Waals surface area (Å²) in [6.07, 6.45) is 1.74. The van der Waals surface area contributed by atoms with E-state index in [2.05, 4.69) is 15.6 Å². The molecule has 0 fully saturated rings. The van der Waals surface area contributed by atoms with Gasteiger partial charge in [-0.15, -0.1) is 0 Å². The fraction of sp³-hybridized carbons (Fsp3) is 0.111. The van der Waals surface area contributed by atoms with E-state index < -0.39 is 0 Å². The maximum atomic E-state index is 12.1. The third kappa shape index (κ3) is 4.49. The van der Waals surface area contributed by atoms with Gasteiger partial charge in [0.15, 0.2) is 0 Å². The van der Waals surface area contributed by atoms with E-state index in [4.69, 9.17) is 16.3 Å². The van der Waals surface area contributed by atoms with Gasteiger partial charge in [-0.25, -0.2) is 4.79 Å². The zero-order valence-electron chi connectivity index (χ0n) is 13.5. The predicted octanol–water partition coefficient (Wildman–Crippen LogP) is 4.79. The molecule has 0 spiro atoms. The molecule has 0 aliphatic carbocycles. The topological polar surface area (TPSA) is 63.2 Å². The molecule has 3 aromatic rings. The molecule has 0 atom stereocenters. The van der Waals surface area contributed by atoms with Crippen molar-refractivity contribution in [3.63, 3.8) is 0 Å². The first-order chi connectivity index (χ1) is 12.2. The summed E-state index contributed by atoms with van der Waals surface area (Å²) in [5.74, 6) is 0.545. The Morgan fingerprint density at radius 2 is 2.16 bits per heavy atom. The number of halogens is 1. The van der Waals surface area contributed by atoms with Crippen molar-refractivity contribution in [2.45, 2.75) is 6.54 Å². The Bertz CT molecular complexity index is 869. The third-order valence-corrected chi connectivity index (χ3v) is 4.42. The second-order valence-electron chi connectivity index (χ2n) is 5.21. The van der Waals surface area contributed by atoms with Crippen LogP contribution in [0.5, 0.6) is 5.75 Å². The minimum Gasteiger partial charge on any atom is -0.495 e. The zero-order chi connectivity index (χ0) is 17.6. The van der Waals surface area contributed by atoms with Crippen LogP contribution in [0.2, 0.25) is 5.02 Å². The third-order valence-electron chi connectivity index (χ3n) is 3.50. The maximum Gasteiger partial charge on any atom is 0.319 e. The first-order valence-electron chi connectivity index (χ1n) is 7.51. The lowest BCUT2D eigenvalue weighted by molar-refractivity contribution is 0.251. The largest absolute Gasteiger partial charge is 0.495 e. The van der Waals surface area contributed by atoms with Crippen LogP contribution >= 0.6 is 22.9 Å². The van der Waals surface area contributed by atoms with Crippen LogP contribution in [0.25, 0.3) is 11.3 Å². The van der Waals surface area contributed by atoms with E-state index in [1.807, 2.05) is 29.0 Å². The molecule has 7 heteroatoms. The monoisotopic (exact) mass is 373 g/mol. The Hall–Kier alpha value is -2.57. The molecule has 3 rings (SSSR count). The number of pyridine rings is 1. The first-order valence-corrected chi connectivity index (χ1v) is 8.83. The molecule has 0 unspecified atom stereocenters. The number of ether oxygens (including phenoxy) is 1. The van der Waals surface area contributed by atoms with E-state index in [0.717, 1.165) is 16.8 Å². The van der Waals surface area contributed by atoms with Gasteiger partial charge < -0.3 is 15.4 Å². The first kappa shape index (κ1) is 17.3. The van der Waals surface area contributed by atoms with E-state index in [0.29, 0.717) is 23.0 Å². The number of urea groups is 1. The number of rotatable bonds is 5. The summed E-state index contributed by atoms with van der Waals surface area (Å²) in [6, 6.07) is 10.6. The average Bonchev–Trinajstić information content (AvgIpc) is 3.15. The van der Waals surface area contributed by atoms with E-state index in [-0.39, 0.29) is 6.03 Å². The van der Waals surface area contributed by atoms with Crippen LogP contribution in [0.3, 0.4) is 0 Å². The molecule has 0 bridgehead atoms. The lowest BCUT2D eigenvalue weighted by Crippen LogP contribution is -2.28. The molecule has 0 aliphatic heterocycles. The second kappa shape index (κ2) is 8.00. The highest BCUT2D eigenvalue weighted by molar-refractivity contribution is 7.08. The number of hydrogen-bond acceptors (Lipinski definition) is 4. The predicted molar refractivity (Wildman–Crippen MR) is 101 cm³/mol. The van der Waals surface area contributed by atoms with Gasteiger partial charge in [0, 0.05) is 28.7 Å². The van der Waals surface area contributed by atoms with Crippen molar-refractivity contribution in [2.24, 2.45) is 0 Å². The Morgan fingerprint density at radius 1 is 1.28 bits per heavy atom. The van der Waals surface area contributed by atoms with Crippen LogP contribution in [0.1, 0.15) is 5.56 Å². The van der Waals surface area contributed by atoms with Gasteiger partial charge >= 0.3 is 6.03 Å². The number of nitrogens with zero attached hydrogens (tertiary/aromatic N) is 1. The molecule has 128 valence electrons. The highest BCUT2D eigenvalue weighted by Gasteiger charge is 2.08. The van der Waals surface area contributed by atoms with Crippen molar-refractivity contribution in [3.05, 3.63) is 63.9 Å². The molecule has 0 saturated carbocycles. The maximum absolute atomic E-state index is 12.1. The molecule has 0 saturated heterocycles. The van der Waals surface area contributed by atoms with Crippen LogP contribution in [-0.4, -0.2) is 18.1 Å². The van der Waals surface area contributed by atoms with Gasteiger partial charge in [-0.05, 0) is 47.3 Å². The molecular weight excluding hydrogens is 358 g/mol. The van der Waals surface area contributed by atoms with Crippen LogP contribution < -0.4 is 15.4 Å². The SMILES string of the molecule is COc1ccc(Cl)cc1NC(=O)NCc1ccnc(-c2ccsc2)c1. The smallest absolute Gasteiger partial charge is 0.319 e. The Labute approximate surface area is 154 Å². The summed E-state index contributed by atoms with van der Waals surface area (Å²) in [7, 11) is 1.54. The van der Waals surface area contributed by atoms with E-state index in [1.54, 1.807) is 35.7 Å². The number of amides is 2. The fourth-order valence-electron chi connectivity index (χ4n) is 2.28. The normalized spacial score (nSPS) is 10.3. The van der Waals surface area contributed by atoms with E-state index in [1.165, 1.54) is 7.11 Å². The zero-order valence-corrected chi connectivity index (χ0v) is 15.0. The second-order valence-corrected chi connectivity index (χ2v) is 6.43. The highest BCUT2D eigenvalue weighted by atomic mass is 35.5. The Morgan fingerprint density at radius 3 is 2.92 bits per heavy atom. The number of anilines is 1. The van der Waals surface area contributed by atoms with Crippen LogP contribution in [-0.2, 0) is 6.54 Å². The van der Waals surface area contributed by atoms with Gasteiger partial charge in [0.1, 0.15) is 5.75 Å². The Kier molecular flexibility index (Phi) is 5.53. The molecule has 25 heavy (non-hydrogen) atoms. The van der Waals surface area contributed by atoms with Crippen LogP contribution in [0.4, 0.5) is 10.5 Å². The fourth-order valence-corrected chi connectivity index (χ4v) is 3.10. The average molecular weight is 374 g/mol. The molecule has 2 N–H and O–H groups in total. The lowest BCUT2D eigenvalue weighted by atomic mass is 10.1. The number of benzene rings is 1. The van der Waals surface area contributed by atoms with Crippen molar-refractivity contribution in [1.82, 2.24) is 10.3 Å². The van der Waals surface area contributed by atoms with Crippen molar-refractivity contribution < 1.29 is 9.53 Å². The number of aromatic nitrogens is 1. The number of thiophene rings is 1. The summed E-state index contributed by atoms with van der Waals surface area (Å²) in [4.78, 5) is 16.5. The number of hydrogen-bond donors (Lipinski definition) is 2. The standard InChI is InChI=1S/C18H16ClN3O2S/c1-24-17-3-2-14(19)9-16(17)22-18(23)21-10-12-4-6-20-15(8-12)13-5-7-25-11-13/h2-9,11H,10H2,1H3,(H2,21,22,23). The van der Waals surface area contributed by atoms with Crippen molar-refractivity contribution in [2.75, 3.05) is 12.4 Å². The minimum absolute atomic E-state index is 0.338. The van der Waals surface area contributed by atoms with E-state index >= 15 is 0 Å². The molecule has 2 aromatic heterocycles. The van der Waals surface area contributed by atoms with Crippen LogP contribution in [0, 0.1) is 0 Å². The highest BCUT2D eigenvalue weighted by Crippen LogP contribution is 2.27. The molecule has 2 amide bonds. The molecule has 5 nitrogen and oxygen atoms in total.